The quantitative estimate of drug-likeness (QED) is 0.839. The molecule has 3 unspecified atom stereocenters. The molecule has 1 saturated carbocycles. The lowest BCUT2D eigenvalue weighted by atomic mass is 9.79. The summed E-state index contributed by atoms with van der Waals surface area (Å²) in [5, 5.41) is 10.7. The largest absolute Gasteiger partial charge is 0.493 e. The van der Waals surface area contributed by atoms with Gasteiger partial charge >= 0.3 is 0 Å². The molecule has 2 heterocycles. The van der Waals surface area contributed by atoms with E-state index in [4.69, 9.17) is 9.47 Å². The molecule has 144 valence electrons. The average Bonchev–Trinajstić information content (AvgIpc) is 3.44. The predicted octanol–water partition coefficient (Wildman–Crippen LogP) is 3.81. The van der Waals surface area contributed by atoms with Crippen molar-refractivity contribution in [1.82, 2.24) is 4.90 Å². The molecule has 0 aromatic heterocycles. The van der Waals surface area contributed by atoms with Gasteiger partial charge in [0.15, 0.2) is 11.5 Å². The second-order valence-electron chi connectivity index (χ2n) is 8.91. The molecule has 3 aliphatic rings. The number of benzene rings is 1. The molecule has 0 radical (unpaired) electrons. The molecule has 1 saturated heterocycles. The van der Waals surface area contributed by atoms with Gasteiger partial charge in [0, 0.05) is 19.1 Å². The van der Waals surface area contributed by atoms with E-state index in [1.807, 2.05) is 0 Å². The number of fused-ring (bicyclic) bond motifs is 3. The van der Waals surface area contributed by atoms with Crippen LogP contribution in [0.3, 0.4) is 0 Å². The first kappa shape index (κ1) is 18.1. The minimum absolute atomic E-state index is 0.207. The van der Waals surface area contributed by atoms with Gasteiger partial charge in [-0.05, 0) is 73.1 Å². The molecule has 1 aromatic rings. The van der Waals surface area contributed by atoms with E-state index >= 15 is 0 Å². The highest BCUT2D eigenvalue weighted by Gasteiger charge is 2.38. The molecule has 3 atom stereocenters. The van der Waals surface area contributed by atoms with Crippen LogP contribution in [0.1, 0.15) is 56.7 Å². The molecule has 2 fully saturated rings. The number of nitrogens with zero attached hydrogens (tertiary/aromatic N) is 1. The number of rotatable bonds is 6. The first-order valence-electron chi connectivity index (χ1n) is 10.3. The second kappa shape index (κ2) is 7.40. The standard InChI is InChI=1S/C22H33NO3/c1-14(2)8-17-12-23-7-6-16-9-22(26-13-15-4-5-15)21(25-3)10-18(16)19(23)11-20(17)24/h9-10,14-15,17,19-20,24H,4-8,11-13H2,1-3H3. The summed E-state index contributed by atoms with van der Waals surface area (Å²) in [6.45, 7) is 7.38. The molecule has 2 aliphatic heterocycles. The summed E-state index contributed by atoms with van der Waals surface area (Å²) in [6.07, 6.45) is 5.37. The molecule has 4 heteroatoms. The maximum absolute atomic E-state index is 10.7. The van der Waals surface area contributed by atoms with Crippen LogP contribution in [0.15, 0.2) is 12.1 Å². The van der Waals surface area contributed by atoms with E-state index in [0.717, 1.165) is 56.4 Å². The Bertz CT molecular complexity index is 641. The van der Waals surface area contributed by atoms with Crippen LogP contribution >= 0.6 is 0 Å². The van der Waals surface area contributed by atoms with Crippen molar-refractivity contribution in [3.05, 3.63) is 23.3 Å². The van der Waals surface area contributed by atoms with Gasteiger partial charge in [-0.1, -0.05) is 13.8 Å². The molecule has 26 heavy (non-hydrogen) atoms. The van der Waals surface area contributed by atoms with E-state index in [0.29, 0.717) is 17.9 Å². The third kappa shape index (κ3) is 3.72. The number of aliphatic hydroxyl groups excluding tert-OH is 1. The van der Waals surface area contributed by atoms with Gasteiger partial charge in [-0.25, -0.2) is 0 Å². The Hall–Kier alpha value is -1.26. The van der Waals surface area contributed by atoms with Crippen LogP contribution in [-0.4, -0.2) is 42.9 Å². The molecule has 1 aliphatic carbocycles. The zero-order chi connectivity index (χ0) is 18.3. The van der Waals surface area contributed by atoms with Crippen molar-refractivity contribution in [3.8, 4) is 11.5 Å². The molecule has 1 aromatic carbocycles. The highest BCUT2D eigenvalue weighted by molar-refractivity contribution is 5.49. The van der Waals surface area contributed by atoms with Crippen LogP contribution in [-0.2, 0) is 6.42 Å². The van der Waals surface area contributed by atoms with Crippen molar-refractivity contribution >= 4 is 0 Å². The lowest BCUT2D eigenvalue weighted by Crippen LogP contribution is -2.48. The summed E-state index contributed by atoms with van der Waals surface area (Å²) in [4.78, 5) is 2.58. The summed E-state index contributed by atoms with van der Waals surface area (Å²) in [6, 6.07) is 4.67. The molecule has 4 nitrogen and oxygen atoms in total. The Kier molecular flexibility index (Phi) is 5.15. The summed E-state index contributed by atoms with van der Waals surface area (Å²) >= 11 is 0. The summed E-state index contributed by atoms with van der Waals surface area (Å²) < 4.78 is 11.7. The van der Waals surface area contributed by atoms with Gasteiger partial charge in [0.2, 0.25) is 0 Å². The maximum Gasteiger partial charge on any atom is 0.161 e. The minimum atomic E-state index is -0.207. The Labute approximate surface area is 157 Å². The third-order valence-corrected chi connectivity index (χ3v) is 6.32. The molecular formula is C22H33NO3. The lowest BCUT2D eigenvalue weighted by molar-refractivity contribution is -0.0191. The van der Waals surface area contributed by atoms with Gasteiger partial charge in [0.05, 0.1) is 19.8 Å². The van der Waals surface area contributed by atoms with Crippen LogP contribution in [0.5, 0.6) is 11.5 Å². The predicted molar refractivity (Wildman–Crippen MR) is 103 cm³/mol. The Morgan fingerprint density at radius 1 is 1.23 bits per heavy atom. The monoisotopic (exact) mass is 359 g/mol. The summed E-state index contributed by atoms with van der Waals surface area (Å²) in [7, 11) is 1.72. The second-order valence-corrected chi connectivity index (χ2v) is 8.91. The van der Waals surface area contributed by atoms with Gasteiger partial charge in [0.1, 0.15) is 0 Å². The van der Waals surface area contributed by atoms with E-state index < -0.39 is 0 Å². The molecule has 1 N–H and O–H groups in total. The first-order chi connectivity index (χ1) is 12.5. The Morgan fingerprint density at radius 2 is 2.04 bits per heavy atom. The Balaban J connectivity index is 1.55. The van der Waals surface area contributed by atoms with Crippen LogP contribution < -0.4 is 9.47 Å². The highest BCUT2D eigenvalue weighted by Crippen LogP contribution is 2.44. The van der Waals surface area contributed by atoms with E-state index in [2.05, 4.69) is 30.9 Å². The molecule has 0 amide bonds. The highest BCUT2D eigenvalue weighted by atomic mass is 16.5. The fourth-order valence-corrected chi connectivity index (χ4v) is 4.70. The zero-order valence-corrected chi connectivity index (χ0v) is 16.4. The molecular weight excluding hydrogens is 326 g/mol. The SMILES string of the molecule is COc1cc2c(cc1OCC1CC1)CCN1CC(CC(C)C)C(O)CC21. The number of piperidine rings is 1. The van der Waals surface area contributed by atoms with Gasteiger partial charge in [-0.2, -0.15) is 0 Å². The van der Waals surface area contributed by atoms with E-state index in [1.165, 1.54) is 24.0 Å². The number of ether oxygens (including phenoxy) is 2. The average molecular weight is 360 g/mol. The van der Waals surface area contributed by atoms with Gasteiger partial charge < -0.3 is 14.6 Å². The van der Waals surface area contributed by atoms with Gasteiger partial charge in [0.25, 0.3) is 0 Å². The summed E-state index contributed by atoms with van der Waals surface area (Å²) in [5.74, 6) is 3.49. The fraction of sp³-hybridized carbons (Fsp3) is 0.727. The van der Waals surface area contributed by atoms with E-state index in [-0.39, 0.29) is 6.10 Å². The third-order valence-electron chi connectivity index (χ3n) is 6.32. The maximum atomic E-state index is 10.7. The van der Waals surface area contributed by atoms with Crippen molar-refractivity contribution in [2.24, 2.45) is 17.8 Å². The number of methoxy groups -OCH3 is 1. The Morgan fingerprint density at radius 3 is 2.73 bits per heavy atom. The minimum Gasteiger partial charge on any atom is -0.493 e. The topological polar surface area (TPSA) is 41.9 Å². The van der Waals surface area contributed by atoms with E-state index in [1.54, 1.807) is 7.11 Å². The van der Waals surface area contributed by atoms with E-state index in [9.17, 15) is 5.11 Å². The van der Waals surface area contributed by atoms with Crippen LogP contribution in [0.2, 0.25) is 0 Å². The molecule has 0 spiro atoms. The fourth-order valence-electron chi connectivity index (χ4n) is 4.70. The molecule has 4 rings (SSSR count). The van der Waals surface area contributed by atoms with Gasteiger partial charge in [-0.3, -0.25) is 4.90 Å². The normalized spacial score (nSPS) is 28.6. The first-order valence-corrected chi connectivity index (χ1v) is 10.3. The van der Waals surface area contributed by atoms with Crippen molar-refractivity contribution < 1.29 is 14.6 Å². The van der Waals surface area contributed by atoms with Crippen molar-refractivity contribution in [2.75, 3.05) is 26.8 Å². The molecule has 0 bridgehead atoms. The van der Waals surface area contributed by atoms with Crippen molar-refractivity contribution in [2.45, 2.75) is 58.1 Å². The zero-order valence-electron chi connectivity index (χ0n) is 16.4. The van der Waals surface area contributed by atoms with Crippen molar-refractivity contribution in [1.29, 1.82) is 0 Å². The smallest absolute Gasteiger partial charge is 0.161 e. The lowest BCUT2D eigenvalue weighted by Gasteiger charge is -2.46. The van der Waals surface area contributed by atoms with Gasteiger partial charge in [-0.15, -0.1) is 0 Å². The van der Waals surface area contributed by atoms with Crippen LogP contribution in [0.25, 0.3) is 0 Å². The van der Waals surface area contributed by atoms with Crippen LogP contribution in [0, 0.1) is 17.8 Å². The number of hydrogen-bond donors (Lipinski definition) is 1. The van der Waals surface area contributed by atoms with Crippen molar-refractivity contribution in [3.63, 3.8) is 0 Å². The number of hydrogen-bond acceptors (Lipinski definition) is 4. The van der Waals surface area contributed by atoms with Crippen LogP contribution in [0.4, 0.5) is 0 Å². The summed E-state index contributed by atoms with van der Waals surface area (Å²) in [5.41, 5.74) is 2.70. The number of aliphatic hydroxyl groups is 1.